The number of aliphatic hydroxyl groups is 1. The van der Waals surface area contributed by atoms with Crippen molar-refractivity contribution < 1.29 is 5.11 Å². The van der Waals surface area contributed by atoms with Crippen LogP contribution >= 0.6 is 0 Å². The summed E-state index contributed by atoms with van der Waals surface area (Å²) in [6.45, 7) is 2.30. The molecule has 2 atom stereocenters. The predicted octanol–water partition coefficient (Wildman–Crippen LogP) is 1.18. The average Bonchev–Trinajstić information content (AvgIpc) is 2.88. The minimum Gasteiger partial charge on any atom is -0.396 e. The fourth-order valence-electron chi connectivity index (χ4n) is 1.37. The Morgan fingerprint density at radius 3 is 3.00 bits per heavy atom. The summed E-state index contributed by atoms with van der Waals surface area (Å²) in [5.41, 5.74) is 1.17. The van der Waals surface area contributed by atoms with Gasteiger partial charge in [0.05, 0.1) is 0 Å². The van der Waals surface area contributed by atoms with Gasteiger partial charge in [-0.3, -0.25) is 0 Å². The summed E-state index contributed by atoms with van der Waals surface area (Å²) < 4.78 is 0. The lowest BCUT2D eigenvalue weighted by atomic mass is 10.3. The van der Waals surface area contributed by atoms with Crippen LogP contribution in [0.5, 0.6) is 0 Å². The SMILES string of the molecule is Cc1ccc(N[C@@H]2C[C@H]2CO)nc1. The molecule has 0 radical (unpaired) electrons. The highest BCUT2D eigenvalue weighted by Gasteiger charge is 2.36. The van der Waals surface area contributed by atoms with E-state index in [1.165, 1.54) is 5.56 Å². The molecule has 70 valence electrons. The van der Waals surface area contributed by atoms with Crippen molar-refractivity contribution in [3.8, 4) is 0 Å². The molecule has 1 aliphatic carbocycles. The van der Waals surface area contributed by atoms with Crippen LogP contribution in [-0.4, -0.2) is 22.7 Å². The molecular formula is C10H14N2O. The van der Waals surface area contributed by atoms with E-state index in [2.05, 4.69) is 10.3 Å². The third-order valence-corrected chi connectivity index (χ3v) is 2.40. The topological polar surface area (TPSA) is 45.1 Å². The van der Waals surface area contributed by atoms with Crippen molar-refractivity contribution in [3.63, 3.8) is 0 Å². The molecule has 0 saturated heterocycles. The lowest BCUT2D eigenvalue weighted by molar-refractivity contribution is 0.275. The third-order valence-electron chi connectivity index (χ3n) is 2.40. The fourth-order valence-corrected chi connectivity index (χ4v) is 1.37. The zero-order valence-corrected chi connectivity index (χ0v) is 7.70. The van der Waals surface area contributed by atoms with E-state index in [0.29, 0.717) is 12.0 Å². The van der Waals surface area contributed by atoms with Gasteiger partial charge in [-0.05, 0) is 25.0 Å². The number of nitrogens with one attached hydrogen (secondary N) is 1. The molecule has 3 heteroatoms. The molecular weight excluding hydrogens is 164 g/mol. The van der Waals surface area contributed by atoms with Gasteiger partial charge in [-0.15, -0.1) is 0 Å². The van der Waals surface area contributed by atoms with Crippen LogP contribution in [0.3, 0.4) is 0 Å². The van der Waals surface area contributed by atoms with Crippen molar-refractivity contribution in [1.29, 1.82) is 0 Å². The van der Waals surface area contributed by atoms with Crippen molar-refractivity contribution in [2.24, 2.45) is 5.92 Å². The number of aryl methyl sites for hydroxylation is 1. The minimum atomic E-state index is 0.281. The van der Waals surface area contributed by atoms with Gasteiger partial charge in [-0.1, -0.05) is 6.07 Å². The van der Waals surface area contributed by atoms with Crippen molar-refractivity contribution in [2.45, 2.75) is 19.4 Å². The Balaban J connectivity index is 1.92. The molecule has 2 N–H and O–H groups in total. The molecule has 0 bridgehead atoms. The number of nitrogens with zero attached hydrogens (tertiary/aromatic N) is 1. The molecule has 1 aliphatic rings. The first-order valence-corrected chi connectivity index (χ1v) is 4.59. The second kappa shape index (κ2) is 3.34. The van der Waals surface area contributed by atoms with Gasteiger partial charge in [0.15, 0.2) is 0 Å². The number of rotatable bonds is 3. The Morgan fingerprint density at radius 1 is 1.62 bits per heavy atom. The smallest absolute Gasteiger partial charge is 0.126 e. The normalized spacial score (nSPS) is 25.7. The first kappa shape index (κ1) is 8.51. The maximum atomic E-state index is 8.84. The molecule has 0 aliphatic heterocycles. The van der Waals surface area contributed by atoms with E-state index in [1.807, 2.05) is 25.3 Å². The van der Waals surface area contributed by atoms with Crippen LogP contribution < -0.4 is 5.32 Å². The van der Waals surface area contributed by atoms with Gasteiger partial charge in [0.1, 0.15) is 5.82 Å². The molecule has 13 heavy (non-hydrogen) atoms. The van der Waals surface area contributed by atoms with Crippen LogP contribution in [0.2, 0.25) is 0 Å². The van der Waals surface area contributed by atoms with E-state index in [0.717, 1.165) is 12.2 Å². The van der Waals surface area contributed by atoms with E-state index in [4.69, 9.17) is 5.11 Å². The molecule has 0 aromatic carbocycles. The molecule has 2 rings (SSSR count). The van der Waals surface area contributed by atoms with Crippen LogP contribution in [0, 0.1) is 12.8 Å². The molecule has 1 aromatic heterocycles. The highest BCUT2D eigenvalue weighted by Crippen LogP contribution is 2.32. The number of aliphatic hydroxyl groups excluding tert-OH is 1. The van der Waals surface area contributed by atoms with Gasteiger partial charge in [0.2, 0.25) is 0 Å². The first-order valence-electron chi connectivity index (χ1n) is 4.59. The summed E-state index contributed by atoms with van der Waals surface area (Å²) >= 11 is 0. The van der Waals surface area contributed by atoms with E-state index >= 15 is 0 Å². The zero-order chi connectivity index (χ0) is 9.26. The highest BCUT2D eigenvalue weighted by atomic mass is 16.3. The second-order valence-electron chi connectivity index (χ2n) is 3.65. The Bertz CT molecular complexity index is 283. The predicted molar refractivity (Wildman–Crippen MR) is 51.6 cm³/mol. The number of hydrogen-bond acceptors (Lipinski definition) is 3. The molecule has 0 spiro atoms. The van der Waals surface area contributed by atoms with Gasteiger partial charge in [0, 0.05) is 24.8 Å². The number of aromatic nitrogens is 1. The molecule has 1 aromatic rings. The summed E-state index contributed by atoms with van der Waals surface area (Å²) in [5, 5.41) is 12.1. The summed E-state index contributed by atoms with van der Waals surface area (Å²) in [5.74, 6) is 1.34. The van der Waals surface area contributed by atoms with Crippen LogP contribution in [0.4, 0.5) is 5.82 Å². The van der Waals surface area contributed by atoms with Crippen molar-refractivity contribution in [2.75, 3.05) is 11.9 Å². The molecule has 1 saturated carbocycles. The van der Waals surface area contributed by atoms with Gasteiger partial charge in [-0.25, -0.2) is 4.98 Å². The summed E-state index contributed by atoms with van der Waals surface area (Å²) in [6, 6.07) is 4.44. The van der Waals surface area contributed by atoms with E-state index in [9.17, 15) is 0 Å². The van der Waals surface area contributed by atoms with E-state index < -0.39 is 0 Å². The largest absolute Gasteiger partial charge is 0.396 e. The first-order chi connectivity index (χ1) is 6.29. The quantitative estimate of drug-likeness (QED) is 0.730. The Kier molecular flexibility index (Phi) is 2.19. The molecule has 3 nitrogen and oxygen atoms in total. The fraction of sp³-hybridized carbons (Fsp3) is 0.500. The molecule has 0 unspecified atom stereocenters. The Hall–Kier alpha value is -1.09. The molecule has 0 amide bonds. The van der Waals surface area contributed by atoms with E-state index in [1.54, 1.807) is 0 Å². The molecule has 1 heterocycles. The van der Waals surface area contributed by atoms with Crippen molar-refractivity contribution in [3.05, 3.63) is 23.9 Å². The minimum absolute atomic E-state index is 0.281. The van der Waals surface area contributed by atoms with Gasteiger partial charge in [0.25, 0.3) is 0 Å². The summed E-state index contributed by atoms with van der Waals surface area (Å²) in [4.78, 5) is 4.23. The highest BCUT2D eigenvalue weighted by molar-refractivity contribution is 5.38. The number of pyridine rings is 1. The summed E-state index contributed by atoms with van der Waals surface area (Å²) in [6.07, 6.45) is 2.91. The summed E-state index contributed by atoms with van der Waals surface area (Å²) in [7, 11) is 0. The van der Waals surface area contributed by atoms with Crippen molar-refractivity contribution in [1.82, 2.24) is 4.98 Å². The lowest BCUT2D eigenvalue weighted by Crippen LogP contribution is -2.07. The van der Waals surface area contributed by atoms with Crippen LogP contribution in [0.25, 0.3) is 0 Å². The second-order valence-corrected chi connectivity index (χ2v) is 3.65. The van der Waals surface area contributed by atoms with E-state index in [-0.39, 0.29) is 6.61 Å². The number of anilines is 1. The van der Waals surface area contributed by atoms with Crippen LogP contribution in [0.15, 0.2) is 18.3 Å². The molecule has 1 fully saturated rings. The third kappa shape index (κ3) is 1.98. The number of hydrogen-bond donors (Lipinski definition) is 2. The standard InChI is InChI=1S/C10H14N2O/c1-7-2-3-10(11-5-7)12-9-4-8(9)6-13/h2-3,5,8-9,13H,4,6H2,1H3,(H,11,12)/t8-,9+/m0/s1. The Morgan fingerprint density at radius 2 is 2.46 bits per heavy atom. The van der Waals surface area contributed by atoms with Crippen molar-refractivity contribution >= 4 is 5.82 Å². The van der Waals surface area contributed by atoms with Crippen LogP contribution in [0.1, 0.15) is 12.0 Å². The lowest BCUT2D eigenvalue weighted by Gasteiger charge is -2.03. The van der Waals surface area contributed by atoms with Gasteiger partial charge in [-0.2, -0.15) is 0 Å². The monoisotopic (exact) mass is 178 g/mol. The van der Waals surface area contributed by atoms with Gasteiger partial charge < -0.3 is 10.4 Å². The van der Waals surface area contributed by atoms with Crippen LogP contribution in [-0.2, 0) is 0 Å². The average molecular weight is 178 g/mol. The maximum absolute atomic E-state index is 8.84. The maximum Gasteiger partial charge on any atom is 0.126 e. The Labute approximate surface area is 77.8 Å². The van der Waals surface area contributed by atoms with Gasteiger partial charge >= 0.3 is 0 Å². The zero-order valence-electron chi connectivity index (χ0n) is 7.70.